The van der Waals surface area contributed by atoms with Crippen LogP contribution in [0.2, 0.25) is 0 Å². The maximum absolute atomic E-state index is 13.1. The zero-order chi connectivity index (χ0) is 14.2. The number of nitrogens with zero attached hydrogens (tertiary/aromatic N) is 3. The van der Waals surface area contributed by atoms with Crippen molar-refractivity contribution in [1.29, 1.82) is 0 Å². The van der Waals surface area contributed by atoms with E-state index in [0.29, 0.717) is 18.1 Å². The Bertz CT molecular complexity index is 718. The standard InChI is InChI=1S/C14H15FN4S/c1-14(2,11-4-3-7-20-11)9-16-13-17-12-6-5-10(15)8-19(12)18-13/h3-8H,9H2,1-2H3,(H,16,18). The topological polar surface area (TPSA) is 42.2 Å². The smallest absolute Gasteiger partial charge is 0.243 e. The lowest BCUT2D eigenvalue weighted by atomic mass is 9.91. The Kier molecular flexibility index (Phi) is 3.17. The van der Waals surface area contributed by atoms with E-state index in [2.05, 4.69) is 40.7 Å². The summed E-state index contributed by atoms with van der Waals surface area (Å²) < 4.78 is 14.5. The number of anilines is 1. The molecule has 0 aliphatic carbocycles. The fraction of sp³-hybridized carbons (Fsp3) is 0.286. The van der Waals surface area contributed by atoms with Crippen LogP contribution < -0.4 is 5.32 Å². The molecule has 4 nitrogen and oxygen atoms in total. The van der Waals surface area contributed by atoms with Crippen molar-refractivity contribution in [1.82, 2.24) is 14.6 Å². The van der Waals surface area contributed by atoms with Crippen molar-refractivity contribution in [3.8, 4) is 0 Å². The molecular formula is C14H15FN4S. The van der Waals surface area contributed by atoms with Crippen LogP contribution in [0.1, 0.15) is 18.7 Å². The first-order valence-corrected chi connectivity index (χ1v) is 7.22. The lowest BCUT2D eigenvalue weighted by Gasteiger charge is -2.23. The molecular weight excluding hydrogens is 275 g/mol. The number of fused-ring (bicyclic) bond motifs is 1. The van der Waals surface area contributed by atoms with Crippen molar-refractivity contribution in [2.24, 2.45) is 0 Å². The number of rotatable bonds is 4. The highest BCUT2D eigenvalue weighted by Crippen LogP contribution is 2.27. The Morgan fingerprint density at radius 3 is 2.95 bits per heavy atom. The molecule has 0 spiro atoms. The van der Waals surface area contributed by atoms with Gasteiger partial charge in [-0.05, 0) is 23.6 Å². The Hall–Kier alpha value is -1.95. The summed E-state index contributed by atoms with van der Waals surface area (Å²) in [5.74, 6) is 0.188. The fourth-order valence-corrected chi connectivity index (χ4v) is 2.84. The number of thiophene rings is 1. The summed E-state index contributed by atoms with van der Waals surface area (Å²) in [7, 11) is 0. The van der Waals surface area contributed by atoms with Crippen molar-refractivity contribution < 1.29 is 4.39 Å². The van der Waals surface area contributed by atoms with E-state index in [9.17, 15) is 4.39 Å². The van der Waals surface area contributed by atoms with Gasteiger partial charge in [-0.3, -0.25) is 0 Å². The normalized spacial score (nSPS) is 11.9. The van der Waals surface area contributed by atoms with Gasteiger partial charge in [0.2, 0.25) is 5.95 Å². The number of hydrogen-bond acceptors (Lipinski definition) is 4. The van der Waals surface area contributed by atoms with Crippen LogP contribution in [0.3, 0.4) is 0 Å². The number of hydrogen-bond donors (Lipinski definition) is 1. The van der Waals surface area contributed by atoms with Crippen LogP contribution in [0.15, 0.2) is 35.8 Å². The quantitative estimate of drug-likeness (QED) is 0.801. The molecule has 1 N–H and O–H groups in total. The molecule has 0 aromatic carbocycles. The Labute approximate surface area is 120 Å². The van der Waals surface area contributed by atoms with E-state index in [1.807, 2.05) is 6.07 Å². The third-order valence-electron chi connectivity index (χ3n) is 3.17. The van der Waals surface area contributed by atoms with Crippen LogP contribution in [0.25, 0.3) is 5.65 Å². The van der Waals surface area contributed by atoms with Gasteiger partial charge in [-0.2, -0.15) is 4.98 Å². The molecule has 0 aliphatic heterocycles. The van der Waals surface area contributed by atoms with Crippen LogP contribution in [0.5, 0.6) is 0 Å². The third kappa shape index (κ3) is 2.51. The van der Waals surface area contributed by atoms with Crippen LogP contribution in [-0.2, 0) is 5.41 Å². The SMILES string of the molecule is CC(C)(CNc1nc2ccc(F)cn2n1)c1cccs1. The Morgan fingerprint density at radius 1 is 1.35 bits per heavy atom. The van der Waals surface area contributed by atoms with E-state index in [4.69, 9.17) is 0 Å². The zero-order valence-corrected chi connectivity index (χ0v) is 12.1. The second-order valence-corrected chi connectivity index (χ2v) is 6.25. The minimum atomic E-state index is -0.326. The van der Waals surface area contributed by atoms with E-state index in [1.54, 1.807) is 17.4 Å². The largest absolute Gasteiger partial charge is 0.352 e. The maximum atomic E-state index is 13.1. The molecule has 0 unspecified atom stereocenters. The molecule has 6 heteroatoms. The molecule has 0 saturated carbocycles. The van der Waals surface area contributed by atoms with Gasteiger partial charge < -0.3 is 5.32 Å². The van der Waals surface area contributed by atoms with Crippen LogP contribution >= 0.6 is 11.3 Å². The molecule has 0 amide bonds. The summed E-state index contributed by atoms with van der Waals surface area (Å²) in [4.78, 5) is 5.62. The van der Waals surface area contributed by atoms with Crippen LogP contribution in [0.4, 0.5) is 10.3 Å². The molecule has 0 saturated heterocycles. The average molecular weight is 290 g/mol. The Morgan fingerprint density at radius 2 is 2.20 bits per heavy atom. The van der Waals surface area contributed by atoms with E-state index >= 15 is 0 Å². The van der Waals surface area contributed by atoms with Gasteiger partial charge in [0.05, 0.1) is 6.20 Å². The monoisotopic (exact) mass is 290 g/mol. The lowest BCUT2D eigenvalue weighted by molar-refractivity contribution is 0.567. The minimum Gasteiger partial charge on any atom is -0.352 e. The molecule has 0 aliphatic rings. The van der Waals surface area contributed by atoms with E-state index < -0.39 is 0 Å². The second-order valence-electron chi connectivity index (χ2n) is 5.30. The highest BCUT2D eigenvalue weighted by molar-refractivity contribution is 7.10. The predicted molar refractivity (Wildman–Crippen MR) is 78.8 cm³/mol. The second kappa shape index (κ2) is 4.86. The molecule has 104 valence electrons. The summed E-state index contributed by atoms with van der Waals surface area (Å²) in [5.41, 5.74) is 0.625. The van der Waals surface area contributed by atoms with Gasteiger partial charge in [-0.15, -0.1) is 16.4 Å². The van der Waals surface area contributed by atoms with Gasteiger partial charge >= 0.3 is 0 Å². The molecule has 20 heavy (non-hydrogen) atoms. The fourth-order valence-electron chi connectivity index (χ4n) is 1.98. The lowest BCUT2D eigenvalue weighted by Crippen LogP contribution is -2.26. The first kappa shape index (κ1) is 13.1. The summed E-state index contributed by atoms with van der Waals surface area (Å²) in [6.07, 6.45) is 1.32. The average Bonchev–Trinajstić information content (AvgIpc) is 3.05. The zero-order valence-electron chi connectivity index (χ0n) is 11.3. The van der Waals surface area contributed by atoms with E-state index in [1.165, 1.54) is 21.7 Å². The first-order chi connectivity index (χ1) is 9.54. The van der Waals surface area contributed by atoms with E-state index in [-0.39, 0.29) is 11.2 Å². The van der Waals surface area contributed by atoms with Gasteiger partial charge in [-0.25, -0.2) is 8.91 Å². The highest BCUT2D eigenvalue weighted by atomic mass is 32.1. The molecule has 0 radical (unpaired) electrons. The number of aromatic nitrogens is 3. The third-order valence-corrected chi connectivity index (χ3v) is 4.41. The van der Waals surface area contributed by atoms with Crippen molar-refractivity contribution in [3.05, 3.63) is 46.5 Å². The molecule has 0 bridgehead atoms. The number of nitrogens with one attached hydrogen (secondary N) is 1. The molecule has 3 aromatic heterocycles. The number of pyridine rings is 1. The van der Waals surface area contributed by atoms with Gasteiger partial charge in [-0.1, -0.05) is 19.9 Å². The van der Waals surface area contributed by atoms with E-state index in [0.717, 1.165) is 0 Å². The van der Waals surface area contributed by atoms with Gasteiger partial charge in [0.1, 0.15) is 5.82 Å². The van der Waals surface area contributed by atoms with Crippen molar-refractivity contribution >= 4 is 22.9 Å². The van der Waals surface area contributed by atoms with Crippen molar-refractivity contribution in [2.45, 2.75) is 19.3 Å². The highest BCUT2D eigenvalue weighted by Gasteiger charge is 2.22. The van der Waals surface area contributed by atoms with Gasteiger partial charge in [0.25, 0.3) is 0 Å². The Balaban J connectivity index is 1.77. The van der Waals surface area contributed by atoms with Crippen LogP contribution in [-0.4, -0.2) is 21.1 Å². The molecule has 3 rings (SSSR count). The summed E-state index contributed by atoms with van der Waals surface area (Å²) in [6.45, 7) is 5.05. The first-order valence-electron chi connectivity index (χ1n) is 6.34. The molecule has 3 aromatic rings. The number of halogens is 1. The molecule has 3 heterocycles. The van der Waals surface area contributed by atoms with Crippen molar-refractivity contribution in [3.63, 3.8) is 0 Å². The van der Waals surface area contributed by atoms with Gasteiger partial charge in [0, 0.05) is 16.8 Å². The van der Waals surface area contributed by atoms with Gasteiger partial charge in [0.15, 0.2) is 5.65 Å². The van der Waals surface area contributed by atoms with Crippen LogP contribution in [0, 0.1) is 5.82 Å². The predicted octanol–water partition coefficient (Wildman–Crippen LogP) is 3.32. The minimum absolute atomic E-state index is 0.00308. The summed E-state index contributed by atoms with van der Waals surface area (Å²) >= 11 is 1.74. The summed E-state index contributed by atoms with van der Waals surface area (Å²) in [6, 6.07) is 7.16. The maximum Gasteiger partial charge on any atom is 0.243 e. The van der Waals surface area contributed by atoms with Crippen molar-refractivity contribution in [2.75, 3.05) is 11.9 Å². The summed E-state index contributed by atoms with van der Waals surface area (Å²) in [5, 5.41) is 9.51. The molecule has 0 fully saturated rings. The molecule has 0 atom stereocenters.